The number of hydrogen-bond donors (Lipinski definition) is 1. The summed E-state index contributed by atoms with van der Waals surface area (Å²) >= 11 is 0. The van der Waals surface area contributed by atoms with Gasteiger partial charge in [0.15, 0.2) is 9.84 Å². The summed E-state index contributed by atoms with van der Waals surface area (Å²) in [6.45, 7) is 7.18. The first kappa shape index (κ1) is 18.6. The molecule has 2 aliphatic rings. The molecule has 0 saturated carbocycles. The Morgan fingerprint density at radius 3 is 2.52 bits per heavy atom. The molecule has 1 N–H and O–H groups in total. The lowest BCUT2D eigenvalue weighted by atomic mass is 10.1. The summed E-state index contributed by atoms with van der Waals surface area (Å²) in [7, 11) is -3.08. The normalized spacial score (nSPS) is 27.4. The first-order chi connectivity index (χ1) is 11.9. The van der Waals surface area contributed by atoms with Crippen molar-refractivity contribution in [3.05, 3.63) is 29.8 Å². The second-order valence-electron chi connectivity index (χ2n) is 7.06. The van der Waals surface area contributed by atoms with Crippen LogP contribution in [0.3, 0.4) is 0 Å². The Labute approximate surface area is 150 Å². The van der Waals surface area contributed by atoms with E-state index in [1.165, 1.54) is 0 Å². The number of nitrogens with zero attached hydrogens (tertiary/aromatic N) is 2. The monoisotopic (exact) mass is 368 g/mol. The molecule has 25 heavy (non-hydrogen) atoms. The number of hydrogen-bond acceptors (Lipinski definition) is 6. The van der Waals surface area contributed by atoms with Crippen LogP contribution in [0, 0.1) is 6.92 Å². The highest BCUT2D eigenvalue weighted by atomic mass is 32.2. The second kappa shape index (κ2) is 8.03. The fourth-order valence-corrected chi connectivity index (χ4v) is 5.50. The third-order valence-corrected chi connectivity index (χ3v) is 6.84. The van der Waals surface area contributed by atoms with Gasteiger partial charge < -0.3 is 14.7 Å². The predicted molar refractivity (Wildman–Crippen MR) is 97.8 cm³/mol. The summed E-state index contributed by atoms with van der Waals surface area (Å²) in [6.07, 6.45) is 0.230. The minimum absolute atomic E-state index is 0.0892. The van der Waals surface area contributed by atoms with Crippen molar-refractivity contribution in [1.29, 1.82) is 0 Å². The molecule has 0 radical (unpaired) electrons. The van der Waals surface area contributed by atoms with Crippen LogP contribution in [0.15, 0.2) is 24.3 Å². The van der Waals surface area contributed by atoms with E-state index in [1.807, 2.05) is 31.2 Å². The summed E-state index contributed by atoms with van der Waals surface area (Å²) in [5.41, 5.74) is 1.15. The van der Waals surface area contributed by atoms with Crippen molar-refractivity contribution >= 4 is 9.84 Å². The molecule has 2 heterocycles. The summed E-state index contributed by atoms with van der Waals surface area (Å²) in [4.78, 5) is 4.52. The Kier molecular flexibility index (Phi) is 5.99. The molecule has 0 amide bonds. The third kappa shape index (κ3) is 4.94. The topological polar surface area (TPSA) is 70.1 Å². The van der Waals surface area contributed by atoms with E-state index in [4.69, 9.17) is 4.74 Å². The molecule has 3 rings (SSSR count). The Hall–Kier alpha value is -1.15. The van der Waals surface area contributed by atoms with Crippen LogP contribution >= 0.6 is 0 Å². The Morgan fingerprint density at radius 1 is 1.16 bits per heavy atom. The molecule has 0 unspecified atom stereocenters. The predicted octanol–water partition coefficient (Wildman–Crippen LogP) is 0.539. The molecule has 0 bridgehead atoms. The smallest absolute Gasteiger partial charge is 0.154 e. The first-order valence-electron chi connectivity index (χ1n) is 8.98. The van der Waals surface area contributed by atoms with E-state index in [0.29, 0.717) is 6.61 Å². The van der Waals surface area contributed by atoms with Gasteiger partial charge in [-0.15, -0.1) is 0 Å². The zero-order valence-electron chi connectivity index (χ0n) is 14.8. The van der Waals surface area contributed by atoms with Gasteiger partial charge in [0.25, 0.3) is 0 Å². The number of aliphatic hydroxyl groups excluding tert-OH is 1. The highest BCUT2D eigenvalue weighted by Crippen LogP contribution is 2.20. The first-order valence-corrected chi connectivity index (χ1v) is 10.8. The van der Waals surface area contributed by atoms with Gasteiger partial charge in [-0.25, -0.2) is 8.42 Å². The van der Waals surface area contributed by atoms with E-state index in [-0.39, 0.29) is 17.5 Å². The van der Waals surface area contributed by atoms with Gasteiger partial charge in [0.2, 0.25) is 0 Å². The van der Waals surface area contributed by atoms with Crippen molar-refractivity contribution < 1.29 is 18.3 Å². The molecule has 7 heteroatoms. The standard InChI is InChI=1S/C18H28N2O4S/c1-15-5-2-3-6-18(15)24-12-4-7-19-8-10-20(11-9-19)16-13-25(22,23)14-17(16)21/h2-3,5-6,16-17,21H,4,7-14H2,1H3/t16-,17-/m1/s1. The lowest BCUT2D eigenvalue weighted by molar-refractivity contribution is 0.0433. The van der Waals surface area contributed by atoms with Crippen LogP contribution in [0.5, 0.6) is 5.75 Å². The number of aliphatic hydroxyl groups is 1. The number of sulfone groups is 1. The largest absolute Gasteiger partial charge is 0.493 e. The van der Waals surface area contributed by atoms with E-state index in [0.717, 1.165) is 50.5 Å². The SMILES string of the molecule is Cc1ccccc1OCCCN1CCN([C@@H]2CS(=O)(=O)C[C@H]2O)CC1. The van der Waals surface area contributed by atoms with Gasteiger partial charge >= 0.3 is 0 Å². The van der Waals surface area contributed by atoms with Crippen LogP contribution in [-0.4, -0.2) is 86.3 Å². The van der Waals surface area contributed by atoms with Gasteiger partial charge in [0.1, 0.15) is 5.75 Å². The van der Waals surface area contributed by atoms with Crippen molar-refractivity contribution in [1.82, 2.24) is 9.80 Å². The van der Waals surface area contributed by atoms with E-state index in [9.17, 15) is 13.5 Å². The molecule has 2 atom stereocenters. The molecule has 6 nitrogen and oxygen atoms in total. The maximum Gasteiger partial charge on any atom is 0.154 e. The second-order valence-corrected chi connectivity index (χ2v) is 9.21. The minimum atomic E-state index is -3.08. The molecule has 2 fully saturated rings. The van der Waals surface area contributed by atoms with Crippen molar-refractivity contribution in [2.45, 2.75) is 25.5 Å². The third-order valence-electron chi connectivity index (χ3n) is 5.14. The lowest BCUT2D eigenvalue weighted by Gasteiger charge is -2.38. The fraction of sp³-hybridized carbons (Fsp3) is 0.667. The van der Waals surface area contributed by atoms with Crippen molar-refractivity contribution in [3.63, 3.8) is 0 Å². The Balaban J connectivity index is 1.36. The van der Waals surface area contributed by atoms with Gasteiger partial charge in [0, 0.05) is 32.7 Å². The average molecular weight is 368 g/mol. The zero-order valence-corrected chi connectivity index (χ0v) is 15.6. The molecule has 1 aromatic carbocycles. The highest BCUT2D eigenvalue weighted by Gasteiger charge is 2.40. The number of rotatable bonds is 6. The maximum absolute atomic E-state index is 11.7. The van der Waals surface area contributed by atoms with Crippen LogP contribution in [-0.2, 0) is 9.84 Å². The van der Waals surface area contributed by atoms with Gasteiger partial charge in [-0.05, 0) is 25.0 Å². The Bertz CT molecular complexity index is 671. The summed E-state index contributed by atoms with van der Waals surface area (Å²) in [5.74, 6) is 0.954. The lowest BCUT2D eigenvalue weighted by Crippen LogP contribution is -2.53. The molecule has 0 aromatic heterocycles. The van der Waals surface area contributed by atoms with Crippen LogP contribution in [0.4, 0.5) is 0 Å². The minimum Gasteiger partial charge on any atom is -0.493 e. The number of benzene rings is 1. The molecular weight excluding hydrogens is 340 g/mol. The molecule has 2 saturated heterocycles. The molecule has 140 valence electrons. The van der Waals surface area contributed by atoms with E-state index in [2.05, 4.69) is 9.80 Å². The molecule has 1 aromatic rings. The van der Waals surface area contributed by atoms with Gasteiger partial charge in [-0.2, -0.15) is 0 Å². The van der Waals surface area contributed by atoms with Crippen molar-refractivity contribution in [2.75, 3.05) is 50.8 Å². The summed E-state index contributed by atoms with van der Waals surface area (Å²) in [6, 6.07) is 7.81. The van der Waals surface area contributed by atoms with Gasteiger partial charge in [-0.3, -0.25) is 4.90 Å². The van der Waals surface area contributed by atoms with Crippen molar-refractivity contribution in [3.8, 4) is 5.75 Å². The maximum atomic E-state index is 11.7. The van der Waals surface area contributed by atoms with Gasteiger partial charge in [-0.1, -0.05) is 18.2 Å². The summed E-state index contributed by atoms with van der Waals surface area (Å²) in [5, 5.41) is 10.00. The molecule has 2 aliphatic heterocycles. The number of para-hydroxylation sites is 1. The number of ether oxygens (including phenoxy) is 1. The number of aryl methyl sites for hydroxylation is 1. The molecule has 0 spiro atoms. The zero-order chi connectivity index (χ0) is 17.9. The van der Waals surface area contributed by atoms with Crippen molar-refractivity contribution in [2.24, 2.45) is 0 Å². The van der Waals surface area contributed by atoms with E-state index < -0.39 is 15.9 Å². The molecular formula is C18H28N2O4S. The average Bonchev–Trinajstić information content (AvgIpc) is 2.86. The highest BCUT2D eigenvalue weighted by molar-refractivity contribution is 7.91. The number of piperazine rings is 1. The van der Waals surface area contributed by atoms with Crippen LogP contribution < -0.4 is 4.74 Å². The Morgan fingerprint density at radius 2 is 1.88 bits per heavy atom. The van der Waals surface area contributed by atoms with Gasteiger partial charge in [0.05, 0.1) is 30.3 Å². The summed E-state index contributed by atoms with van der Waals surface area (Å²) < 4.78 is 29.2. The van der Waals surface area contributed by atoms with Crippen LogP contribution in [0.25, 0.3) is 0 Å². The quantitative estimate of drug-likeness (QED) is 0.739. The van der Waals surface area contributed by atoms with Crippen LogP contribution in [0.2, 0.25) is 0 Å². The van der Waals surface area contributed by atoms with E-state index >= 15 is 0 Å². The van der Waals surface area contributed by atoms with E-state index in [1.54, 1.807) is 0 Å². The molecule has 0 aliphatic carbocycles. The van der Waals surface area contributed by atoms with Crippen LogP contribution in [0.1, 0.15) is 12.0 Å². The fourth-order valence-electron chi connectivity index (χ4n) is 3.67.